The van der Waals surface area contributed by atoms with E-state index in [0.29, 0.717) is 49.6 Å². The second-order valence-electron chi connectivity index (χ2n) is 9.55. The van der Waals surface area contributed by atoms with E-state index in [1.165, 1.54) is 6.21 Å². The molecule has 0 aromatic heterocycles. The van der Waals surface area contributed by atoms with E-state index < -0.39 is 6.10 Å². The lowest BCUT2D eigenvalue weighted by atomic mass is 9.67. The fraction of sp³-hybridized carbons (Fsp3) is 0.640. The fourth-order valence-electron chi connectivity index (χ4n) is 4.75. The highest BCUT2D eigenvalue weighted by atomic mass is 16.3. The van der Waals surface area contributed by atoms with Crippen LogP contribution in [-0.4, -0.2) is 66.6 Å². The smallest absolute Gasteiger partial charge is 0.251 e. The fourth-order valence-corrected chi connectivity index (χ4v) is 4.75. The number of nitrogens with one attached hydrogen (secondary N) is 3. The largest absolute Gasteiger partial charge is 0.398 e. The predicted octanol–water partition coefficient (Wildman–Crippen LogP) is 1.49. The maximum absolute atomic E-state index is 12.7. The molecule has 1 aromatic rings. The maximum Gasteiger partial charge on any atom is 0.251 e. The summed E-state index contributed by atoms with van der Waals surface area (Å²) in [6.45, 7) is 7.37. The second kappa shape index (κ2) is 13.4. The van der Waals surface area contributed by atoms with Crippen LogP contribution in [0, 0.1) is 23.2 Å². The van der Waals surface area contributed by atoms with Crippen LogP contribution in [-0.2, 0) is 0 Å². The normalized spacial score (nSPS) is 24.9. The number of hydrogen-bond acceptors (Lipinski definition) is 7. The molecule has 190 valence electrons. The number of benzene rings is 1. The van der Waals surface area contributed by atoms with E-state index in [4.69, 9.17) is 27.0 Å². The first-order valence-electron chi connectivity index (χ1n) is 12.2. The molecule has 0 heterocycles. The van der Waals surface area contributed by atoms with Crippen LogP contribution in [0.1, 0.15) is 61.9 Å². The molecule has 6 unspecified atom stereocenters. The number of amides is 1. The summed E-state index contributed by atoms with van der Waals surface area (Å²) in [4.78, 5) is 17.5. The molecule has 1 aliphatic rings. The van der Waals surface area contributed by atoms with Gasteiger partial charge >= 0.3 is 0 Å². The van der Waals surface area contributed by atoms with Crippen molar-refractivity contribution in [3.05, 3.63) is 29.3 Å². The third kappa shape index (κ3) is 7.78. The van der Waals surface area contributed by atoms with Crippen LogP contribution in [0.2, 0.25) is 0 Å². The van der Waals surface area contributed by atoms with Gasteiger partial charge in [0.05, 0.1) is 18.8 Å². The average Bonchev–Trinajstić information content (AvgIpc) is 2.80. The monoisotopic (exact) mass is 474 g/mol. The zero-order valence-corrected chi connectivity index (χ0v) is 20.6. The van der Waals surface area contributed by atoms with Crippen molar-refractivity contribution in [3.63, 3.8) is 0 Å². The third-order valence-corrected chi connectivity index (χ3v) is 6.70. The van der Waals surface area contributed by atoms with Gasteiger partial charge in [0, 0.05) is 43.0 Å². The number of nitrogens with two attached hydrogens (primary N) is 2. The topological polar surface area (TPSA) is 170 Å². The number of aliphatic hydroxyl groups is 2. The van der Waals surface area contributed by atoms with Crippen LogP contribution < -0.4 is 22.1 Å². The van der Waals surface area contributed by atoms with Crippen LogP contribution in [0.5, 0.6) is 0 Å². The van der Waals surface area contributed by atoms with Gasteiger partial charge in [0.15, 0.2) is 0 Å². The van der Waals surface area contributed by atoms with E-state index in [9.17, 15) is 9.90 Å². The number of rotatable bonds is 12. The van der Waals surface area contributed by atoms with E-state index >= 15 is 0 Å². The minimum atomic E-state index is -0.443. The molecule has 1 amide bonds. The predicted molar refractivity (Wildman–Crippen MR) is 137 cm³/mol. The molecule has 1 saturated carbocycles. The van der Waals surface area contributed by atoms with Crippen LogP contribution in [0.4, 0.5) is 5.69 Å². The zero-order chi connectivity index (χ0) is 25.3. The molecular weight excluding hydrogens is 432 g/mol. The molecule has 9 nitrogen and oxygen atoms in total. The minimum Gasteiger partial charge on any atom is -0.398 e. The highest BCUT2D eigenvalue weighted by Gasteiger charge is 2.37. The number of carbonyl (C=O) groups is 1. The molecule has 1 aliphatic carbocycles. The summed E-state index contributed by atoms with van der Waals surface area (Å²) in [6.07, 6.45) is 3.07. The molecule has 1 fully saturated rings. The summed E-state index contributed by atoms with van der Waals surface area (Å²) in [5.41, 5.74) is 14.6. The van der Waals surface area contributed by atoms with Gasteiger partial charge in [0.1, 0.15) is 5.84 Å². The van der Waals surface area contributed by atoms with E-state index in [1.54, 1.807) is 19.1 Å². The molecule has 6 atom stereocenters. The van der Waals surface area contributed by atoms with E-state index in [2.05, 4.69) is 17.6 Å². The van der Waals surface area contributed by atoms with E-state index in [-0.39, 0.29) is 42.2 Å². The van der Waals surface area contributed by atoms with Gasteiger partial charge in [0.2, 0.25) is 0 Å². The molecule has 0 saturated heterocycles. The van der Waals surface area contributed by atoms with Gasteiger partial charge in [-0.2, -0.15) is 0 Å². The van der Waals surface area contributed by atoms with Crippen molar-refractivity contribution in [1.82, 2.24) is 10.6 Å². The molecule has 9 N–H and O–H groups in total. The van der Waals surface area contributed by atoms with Gasteiger partial charge in [-0.05, 0) is 67.7 Å². The second-order valence-corrected chi connectivity index (χ2v) is 9.55. The third-order valence-electron chi connectivity index (χ3n) is 6.70. The molecule has 2 rings (SSSR count). The molecule has 0 bridgehead atoms. The molecule has 34 heavy (non-hydrogen) atoms. The summed E-state index contributed by atoms with van der Waals surface area (Å²) < 4.78 is 0. The zero-order valence-electron chi connectivity index (χ0n) is 20.6. The summed E-state index contributed by atoms with van der Waals surface area (Å²) in [7, 11) is 0. The van der Waals surface area contributed by atoms with Crippen molar-refractivity contribution in [2.45, 2.75) is 58.1 Å². The minimum absolute atomic E-state index is 0.0212. The Bertz CT molecular complexity index is 844. The van der Waals surface area contributed by atoms with E-state index in [1.807, 2.05) is 13.0 Å². The summed E-state index contributed by atoms with van der Waals surface area (Å²) in [5, 5.41) is 32.4. The molecule has 1 aromatic carbocycles. The molecule has 0 spiro atoms. The quantitative estimate of drug-likeness (QED) is 0.105. The Kier molecular flexibility index (Phi) is 10.9. The van der Waals surface area contributed by atoms with Crippen molar-refractivity contribution in [3.8, 4) is 0 Å². The lowest BCUT2D eigenvalue weighted by molar-refractivity contribution is 0.0952. The van der Waals surface area contributed by atoms with Crippen LogP contribution in [0.3, 0.4) is 0 Å². The number of nitrogen functional groups attached to an aromatic ring is 1. The van der Waals surface area contributed by atoms with Gasteiger partial charge in [-0.15, -0.1) is 0 Å². The number of anilines is 1. The molecular formula is C25H42N6O3. The SMILES string of the molecule is CC(O)CC1CC(C)C(N=C(N)C(C)C=N)CC1c1cc(C(=O)NCCNCCO)ccc1N. The van der Waals surface area contributed by atoms with Gasteiger partial charge < -0.3 is 37.7 Å². The first kappa shape index (κ1) is 27.8. The van der Waals surface area contributed by atoms with Crippen LogP contribution in [0.15, 0.2) is 23.2 Å². The molecule has 9 heteroatoms. The Morgan fingerprint density at radius 1 is 1.29 bits per heavy atom. The van der Waals surface area contributed by atoms with Gasteiger partial charge in [-0.1, -0.05) is 13.8 Å². The Hall–Kier alpha value is -2.49. The van der Waals surface area contributed by atoms with Crippen molar-refractivity contribution in [1.29, 1.82) is 5.41 Å². The van der Waals surface area contributed by atoms with Crippen LogP contribution >= 0.6 is 0 Å². The first-order valence-corrected chi connectivity index (χ1v) is 12.2. The average molecular weight is 475 g/mol. The first-order chi connectivity index (χ1) is 16.2. The number of aliphatic imine (C=N–C) groups is 1. The Labute approximate surface area is 202 Å². The lowest BCUT2D eigenvalue weighted by Crippen LogP contribution is -2.36. The van der Waals surface area contributed by atoms with E-state index in [0.717, 1.165) is 12.0 Å². The Balaban J connectivity index is 2.29. The number of carbonyl (C=O) groups excluding carboxylic acids is 1. The number of hydrogen-bond donors (Lipinski definition) is 7. The Morgan fingerprint density at radius 3 is 2.68 bits per heavy atom. The number of amidine groups is 1. The van der Waals surface area contributed by atoms with Crippen molar-refractivity contribution >= 4 is 23.6 Å². The van der Waals surface area contributed by atoms with Gasteiger partial charge in [-0.25, -0.2) is 0 Å². The lowest BCUT2D eigenvalue weighted by Gasteiger charge is -2.40. The summed E-state index contributed by atoms with van der Waals surface area (Å²) in [5.74, 6) is 0.561. The summed E-state index contributed by atoms with van der Waals surface area (Å²) >= 11 is 0. The maximum atomic E-state index is 12.7. The van der Waals surface area contributed by atoms with Crippen molar-refractivity contribution < 1.29 is 15.0 Å². The summed E-state index contributed by atoms with van der Waals surface area (Å²) in [6, 6.07) is 5.35. The Morgan fingerprint density at radius 2 is 2.03 bits per heavy atom. The highest BCUT2D eigenvalue weighted by Crippen LogP contribution is 2.45. The van der Waals surface area contributed by atoms with Gasteiger partial charge in [-0.3, -0.25) is 9.79 Å². The highest BCUT2D eigenvalue weighted by molar-refractivity contribution is 5.95. The van der Waals surface area contributed by atoms with Crippen molar-refractivity contribution in [2.24, 2.45) is 28.5 Å². The van der Waals surface area contributed by atoms with Gasteiger partial charge in [0.25, 0.3) is 5.91 Å². The standard InChI is InChI=1S/C25H42N6O3/c1-15-10-19(11-17(3)33)20(13-23(15)31-24(28)16(2)14-26)21-12-18(4-5-22(21)27)25(34)30-7-6-29-8-9-32/h4-5,12,14-17,19-20,23,26,29,32-33H,6-11,13,27H2,1-3H3,(H2,28,31)(H,30,34). The van der Waals surface area contributed by atoms with Crippen LogP contribution in [0.25, 0.3) is 0 Å². The molecule has 0 aliphatic heterocycles. The number of aliphatic hydroxyl groups excluding tert-OH is 2. The molecule has 0 radical (unpaired) electrons. The van der Waals surface area contributed by atoms with Crippen molar-refractivity contribution in [2.75, 3.05) is 32.0 Å². The number of nitrogens with zero attached hydrogens (tertiary/aromatic N) is 1.